The van der Waals surface area contributed by atoms with Gasteiger partial charge < -0.3 is 23.8 Å². The summed E-state index contributed by atoms with van der Waals surface area (Å²) in [4.78, 5) is 20.7. The smallest absolute Gasteiger partial charge is 0.340 e. The molecule has 1 aromatic carbocycles. The summed E-state index contributed by atoms with van der Waals surface area (Å²) in [6, 6.07) is 10.5. The molecular formula is C34H48N4O5. The van der Waals surface area contributed by atoms with Crippen molar-refractivity contribution in [1.29, 1.82) is 0 Å². The zero-order valence-electron chi connectivity index (χ0n) is 26.8. The Labute approximate surface area is 255 Å². The highest BCUT2D eigenvalue weighted by Crippen LogP contribution is 2.38. The summed E-state index contributed by atoms with van der Waals surface area (Å²) in [6.45, 7) is 15.2. The summed E-state index contributed by atoms with van der Waals surface area (Å²) in [5, 5.41) is 5.00. The number of carbonyl (C=O) groups is 1. The number of esters is 1. The van der Waals surface area contributed by atoms with Crippen LogP contribution in [-0.4, -0.2) is 58.1 Å². The lowest BCUT2D eigenvalue weighted by Gasteiger charge is -2.41. The summed E-state index contributed by atoms with van der Waals surface area (Å²) in [5.74, 6) is 0.398. The van der Waals surface area contributed by atoms with Crippen LogP contribution in [0.1, 0.15) is 101 Å². The molecule has 0 amide bonds. The predicted molar refractivity (Wildman–Crippen MR) is 166 cm³/mol. The lowest BCUT2D eigenvalue weighted by Crippen LogP contribution is -2.46. The first-order valence-corrected chi connectivity index (χ1v) is 15.8. The number of fused-ring (bicyclic) bond motifs is 9. The van der Waals surface area contributed by atoms with Crippen molar-refractivity contribution >= 4 is 17.4 Å². The molecule has 0 spiro atoms. The second-order valence-electron chi connectivity index (χ2n) is 13.1. The predicted octanol–water partition coefficient (Wildman–Crippen LogP) is 6.28. The Morgan fingerprint density at radius 2 is 1.84 bits per heavy atom. The molecule has 0 saturated carbocycles. The van der Waals surface area contributed by atoms with E-state index < -0.39 is 17.7 Å². The number of piperidine rings is 1. The molecule has 4 bridgehead atoms. The van der Waals surface area contributed by atoms with Gasteiger partial charge in [-0.1, -0.05) is 30.7 Å². The van der Waals surface area contributed by atoms with Gasteiger partial charge in [-0.3, -0.25) is 0 Å². The summed E-state index contributed by atoms with van der Waals surface area (Å²) in [7, 11) is 0. The summed E-state index contributed by atoms with van der Waals surface area (Å²) in [6.07, 6.45) is 5.13. The number of hydrogen-bond acceptors (Lipinski definition) is 8. The first-order chi connectivity index (χ1) is 20.6. The molecule has 2 aromatic heterocycles. The molecule has 3 aliphatic rings. The maximum Gasteiger partial charge on any atom is 0.340 e. The minimum Gasteiger partial charge on any atom is -0.464 e. The van der Waals surface area contributed by atoms with Gasteiger partial charge in [0, 0.05) is 31.5 Å². The third kappa shape index (κ3) is 7.56. The van der Waals surface area contributed by atoms with Crippen LogP contribution in [0.5, 0.6) is 0 Å². The monoisotopic (exact) mass is 592 g/mol. The van der Waals surface area contributed by atoms with E-state index in [4.69, 9.17) is 29.0 Å². The van der Waals surface area contributed by atoms with Crippen molar-refractivity contribution in [1.82, 2.24) is 14.6 Å². The molecule has 234 valence electrons. The third-order valence-electron chi connectivity index (χ3n) is 8.38. The number of nitrogens with zero attached hydrogens (tertiary/aromatic N) is 4. The van der Waals surface area contributed by atoms with E-state index in [2.05, 4.69) is 36.1 Å². The first kappa shape index (κ1) is 31.4. The number of aromatic nitrogens is 3. The maximum absolute atomic E-state index is 13.4. The van der Waals surface area contributed by atoms with Crippen LogP contribution in [0, 0.1) is 6.92 Å². The number of benzene rings is 1. The molecule has 0 N–H and O–H groups in total. The van der Waals surface area contributed by atoms with Gasteiger partial charge in [-0.2, -0.15) is 9.61 Å². The fourth-order valence-electron chi connectivity index (χ4n) is 6.10. The van der Waals surface area contributed by atoms with E-state index in [1.54, 1.807) is 0 Å². The number of ether oxygens (including phenoxy) is 4. The highest BCUT2D eigenvalue weighted by molar-refractivity contribution is 5.80. The fourth-order valence-corrected chi connectivity index (χ4v) is 6.10. The van der Waals surface area contributed by atoms with E-state index >= 15 is 0 Å². The average Bonchev–Trinajstić information content (AvgIpc) is 3.35. The maximum atomic E-state index is 13.4. The average molecular weight is 593 g/mol. The number of aryl methyl sites for hydroxylation is 2. The Morgan fingerprint density at radius 3 is 2.56 bits per heavy atom. The van der Waals surface area contributed by atoms with Crippen molar-refractivity contribution in [3.8, 4) is 0 Å². The molecular weight excluding hydrogens is 544 g/mol. The van der Waals surface area contributed by atoms with E-state index in [1.807, 2.05) is 45.2 Å². The van der Waals surface area contributed by atoms with E-state index in [9.17, 15) is 4.79 Å². The molecule has 5 heterocycles. The molecule has 1 saturated heterocycles. The third-order valence-corrected chi connectivity index (χ3v) is 8.38. The highest BCUT2D eigenvalue weighted by atomic mass is 16.6. The van der Waals surface area contributed by atoms with Gasteiger partial charge in [0.15, 0.2) is 11.8 Å². The molecule has 6 rings (SSSR count). The fraction of sp³-hybridized carbons (Fsp3) is 0.618. The zero-order chi connectivity index (χ0) is 30.6. The van der Waals surface area contributed by atoms with Crippen molar-refractivity contribution in [2.75, 3.05) is 31.2 Å². The van der Waals surface area contributed by atoms with Crippen LogP contribution >= 0.6 is 0 Å². The molecule has 9 nitrogen and oxygen atoms in total. The second kappa shape index (κ2) is 13.3. The number of rotatable bonds is 4. The van der Waals surface area contributed by atoms with Gasteiger partial charge in [-0.05, 0) is 84.8 Å². The van der Waals surface area contributed by atoms with Crippen molar-refractivity contribution in [2.45, 2.75) is 111 Å². The van der Waals surface area contributed by atoms with Gasteiger partial charge in [0.25, 0.3) is 0 Å². The van der Waals surface area contributed by atoms with Gasteiger partial charge in [0.05, 0.1) is 42.3 Å². The van der Waals surface area contributed by atoms with Crippen LogP contribution in [0.4, 0.5) is 5.82 Å². The Bertz CT molecular complexity index is 1400. The van der Waals surface area contributed by atoms with Crippen molar-refractivity contribution in [2.24, 2.45) is 0 Å². The number of carbonyl (C=O) groups excluding carboxylic acids is 1. The Balaban J connectivity index is 1.58. The van der Waals surface area contributed by atoms with Gasteiger partial charge in [-0.25, -0.2) is 9.78 Å². The normalized spacial score (nSPS) is 19.0. The van der Waals surface area contributed by atoms with Crippen LogP contribution in [0.3, 0.4) is 0 Å². The molecule has 1 atom stereocenters. The summed E-state index contributed by atoms with van der Waals surface area (Å²) >= 11 is 0. The minimum atomic E-state index is -0.946. The Kier molecular flexibility index (Phi) is 9.73. The topological polar surface area (TPSA) is 87.4 Å². The zero-order valence-corrected chi connectivity index (χ0v) is 26.8. The van der Waals surface area contributed by atoms with E-state index in [1.165, 1.54) is 11.1 Å². The summed E-state index contributed by atoms with van der Waals surface area (Å²) in [5.41, 5.74) is 4.68. The van der Waals surface area contributed by atoms with Gasteiger partial charge in [0.1, 0.15) is 5.82 Å². The molecule has 43 heavy (non-hydrogen) atoms. The van der Waals surface area contributed by atoms with Crippen LogP contribution in [0.15, 0.2) is 30.3 Å². The van der Waals surface area contributed by atoms with Gasteiger partial charge >= 0.3 is 5.97 Å². The first-order valence-electron chi connectivity index (χ1n) is 15.8. The van der Waals surface area contributed by atoms with E-state index in [-0.39, 0.29) is 12.2 Å². The van der Waals surface area contributed by atoms with E-state index in [0.717, 1.165) is 75.4 Å². The second-order valence-corrected chi connectivity index (χ2v) is 13.1. The molecule has 1 unspecified atom stereocenters. The largest absolute Gasteiger partial charge is 0.464 e. The lowest BCUT2D eigenvalue weighted by atomic mass is 9.92. The lowest BCUT2D eigenvalue weighted by molar-refractivity contribution is -0.166. The van der Waals surface area contributed by atoms with Crippen LogP contribution < -0.4 is 4.90 Å². The Hall–Kier alpha value is -3.01. The number of hydrogen-bond donors (Lipinski definition) is 0. The Morgan fingerprint density at radius 1 is 1.09 bits per heavy atom. The standard InChI is InChI=1S/C34H48N4O5/c1-7-41-32(39)30(43-33(3,4)5)29-24(2)35-28-21-27-23-40-22-26-15-11-10-14-25(26)13-9-8-12-20-42-34(6)16-18-37(19-17-34)31(29)38(28)36-27/h10-11,14-15,21,30H,7-9,12-13,16-20,22-23H2,1-6H3. The molecule has 0 aliphatic carbocycles. The number of anilines is 1. The molecule has 9 heteroatoms. The van der Waals surface area contributed by atoms with Crippen LogP contribution in [0.2, 0.25) is 0 Å². The van der Waals surface area contributed by atoms with E-state index in [0.29, 0.717) is 24.4 Å². The molecule has 0 radical (unpaired) electrons. The van der Waals surface area contributed by atoms with Crippen molar-refractivity contribution in [3.63, 3.8) is 0 Å². The minimum absolute atomic E-state index is 0.195. The van der Waals surface area contributed by atoms with Crippen molar-refractivity contribution in [3.05, 3.63) is 58.4 Å². The van der Waals surface area contributed by atoms with Gasteiger partial charge in [0.2, 0.25) is 0 Å². The van der Waals surface area contributed by atoms with Crippen LogP contribution in [0.25, 0.3) is 5.65 Å². The van der Waals surface area contributed by atoms with Gasteiger partial charge in [-0.15, -0.1) is 0 Å². The quantitative estimate of drug-likeness (QED) is 0.328. The molecule has 1 fully saturated rings. The summed E-state index contributed by atoms with van der Waals surface area (Å²) < 4.78 is 26.5. The highest BCUT2D eigenvalue weighted by Gasteiger charge is 2.38. The molecule has 3 aromatic rings. The van der Waals surface area contributed by atoms with Crippen LogP contribution in [-0.2, 0) is 43.4 Å². The van der Waals surface area contributed by atoms with Crippen molar-refractivity contribution < 1.29 is 23.7 Å². The molecule has 3 aliphatic heterocycles. The SMILES string of the molecule is CCOC(=O)C(OC(C)(C)C)c1c(C)nc2cc3nn2c1N1CCC(C)(CC1)OCCCCCc1ccccc1COC3.